The van der Waals surface area contributed by atoms with Gasteiger partial charge in [0.05, 0.1) is 11.9 Å². The Kier molecular flexibility index (Phi) is 8.31. The first-order valence-corrected chi connectivity index (χ1v) is 11.8. The van der Waals surface area contributed by atoms with Crippen molar-refractivity contribution in [3.63, 3.8) is 0 Å². The van der Waals surface area contributed by atoms with Gasteiger partial charge in [-0.05, 0) is 51.1 Å². The van der Waals surface area contributed by atoms with Crippen molar-refractivity contribution >= 4 is 27.5 Å². The smallest absolute Gasteiger partial charge is 0.244 e. The van der Waals surface area contributed by atoms with Crippen molar-refractivity contribution < 1.29 is 26.8 Å². The van der Waals surface area contributed by atoms with Gasteiger partial charge < -0.3 is 10.2 Å². The third-order valence-corrected chi connectivity index (χ3v) is 5.83. The SMILES string of the molecule is CC(C)NC(=O)[C@@H](C)N(Cc1ccccc1F)C(=O)CN(c1ccc(F)cc1)S(C)(=O)=O. The molecule has 0 heterocycles. The lowest BCUT2D eigenvalue weighted by molar-refractivity contribution is -0.139. The van der Waals surface area contributed by atoms with Crippen LogP contribution in [0.25, 0.3) is 0 Å². The second kappa shape index (κ2) is 10.5. The minimum Gasteiger partial charge on any atom is -0.352 e. The zero-order chi connectivity index (χ0) is 24.1. The summed E-state index contributed by atoms with van der Waals surface area (Å²) < 4.78 is 53.1. The van der Waals surface area contributed by atoms with E-state index in [2.05, 4.69) is 5.32 Å². The molecule has 0 aromatic heterocycles. The van der Waals surface area contributed by atoms with E-state index in [1.807, 2.05) is 0 Å². The Morgan fingerprint density at radius 3 is 2.12 bits per heavy atom. The molecule has 0 radical (unpaired) electrons. The van der Waals surface area contributed by atoms with Crippen LogP contribution < -0.4 is 9.62 Å². The molecule has 0 spiro atoms. The highest BCUT2D eigenvalue weighted by atomic mass is 32.2. The van der Waals surface area contributed by atoms with E-state index in [1.54, 1.807) is 19.9 Å². The highest BCUT2D eigenvalue weighted by Crippen LogP contribution is 2.20. The first-order valence-electron chi connectivity index (χ1n) is 9.96. The third kappa shape index (κ3) is 6.74. The van der Waals surface area contributed by atoms with Crippen LogP contribution in [0, 0.1) is 11.6 Å². The van der Waals surface area contributed by atoms with Gasteiger partial charge in [0, 0.05) is 18.2 Å². The van der Waals surface area contributed by atoms with Crippen molar-refractivity contribution in [1.29, 1.82) is 0 Å². The van der Waals surface area contributed by atoms with E-state index >= 15 is 0 Å². The highest BCUT2D eigenvalue weighted by molar-refractivity contribution is 7.92. The summed E-state index contributed by atoms with van der Waals surface area (Å²) in [4.78, 5) is 26.9. The molecule has 1 atom stereocenters. The Balaban J connectivity index is 2.39. The molecule has 32 heavy (non-hydrogen) atoms. The molecule has 2 aromatic rings. The second-order valence-corrected chi connectivity index (χ2v) is 9.61. The summed E-state index contributed by atoms with van der Waals surface area (Å²) in [6.45, 7) is 4.12. The lowest BCUT2D eigenvalue weighted by Gasteiger charge is -2.32. The molecule has 0 unspecified atom stereocenters. The summed E-state index contributed by atoms with van der Waals surface area (Å²) in [5, 5.41) is 2.70. The molecule has 10 heteroatoms. The number of hydrogen-bond donors (Lipinski definition) is 1. The van der Waals surface area contributed by atoms with Crippen LogP contribution in [0.5, 0.6) is 0 Å². The molecule has 174 valence electrons. The Morgan fingerprint density at radius 1 is 1.00 bits per heavy atom. The summed E-state index contributed by atoms with van der Waals surface area (Å²) in [5.41, 5.74) is 0.269. The van der Waals surface area contributed by atoms with Crippen LogP contribution in [-0.4, -0.2) is 50.0 Å². The van der Waals surface area contributed by atoms with Crippen LogP contribution in [0.1, 0.15) is 26.3 Å². The van der Waals surface area contributed by atoms with Crippen molar-refractivity contribution in [1.82, 2.24) is 10.2 Å². The maximum Gasteiger partial charge on any atom is 0.244 e. The normalized spacial score (nSPS) is 12.3. The van der Waals surface area contributed by atoms with E-state index in [4.69, 9.17) is 0 Å². The summed E-state index contributed by atoms with van der Waals surface area (Å²) in [5.74, 6) is -2.29. The van der Waals surface area contributed by atoms with Gasteiger partial charge in [-0.2, -0.15) is 0 Å². The van der Waals surface area contributed by atoms with Crippen molar-refractivity contribution in [3.8, 4) is 0 Å². The number of nitrogens with one attached hydrogen (secondary N) is 1. The predicted molar refractivity (Wildman–Crippen MR) is 118 cm³/mol. The van der Waals surface area contributed by atoms with Gasteiger partial charge in [0.1, 0.15) is 24.2 Å². The fourth-order valence-electron chi connectivity index (χ4n) is 3.02. The van der Waals surface area contributed by atoms with Crippen molar-refractivity contribution in [2.24, 2.45) is 0 Å². The van der Waals surface area contributed by atoms with E-state index < -0.39 is 46.1 Å². The molecule has 2 aromatic carbocycles. The van der Waals surface area contributed by atoms with Gasteiger partial charge in [0.25, 0.3) is 0 Å². The highest BCUT2D eigenvalue weighted by Gasteiger charge is 2.30. The maximum atomic E-state index is 14.3. The lowest BCUT2D eigenvalue weighted by atomic mass is 10.1. The number of anilines is 1. The largest absolute Gasteiger partial charge is 0.352 e. The van der Waals surface area contributed by atoms with E-state index in [0.717, 1.165) is 27.6 Å². The Morgan fingerprint density at radius 2 is 1.59 bits per heavy atom. The second-order valence-electron chi connectivity index (χ2n) is 7.70. The van der Waals surface area contributed by atoms with Crippen LogP contribution in [0.2, 0.25) is 0 Å². The molecule has 0 saturated heterocycles. The number of halogens is 2. The predicted octanol–water partition coefficient (Wildman–Crippen LogP) is 2.67. The number of carbonyl (C=O) groups is 2. The summed E-state index contributed by atoms with van der Waals surface area (Å²) in [7, 11) is -3.92. The summed E-state index contributed by atoms with van der Waals surface area (Å²) >= 11 is 0. The average molecular weight is 468 g/mol. The molecule has 2 amide bonds. The standard InChI is InChI=1S/C22H27F2N3O4S/c1-15(2)25-22(29)16(3)26(13-17-7-5-6-8-20(17)24)21(28)14-27(32(4,30)31)19-11-9-18(23)10-12-19/h5-12,15-16H,13-14H2,1-4H3,(H,25,29)/t16-/m1/s1. The molecule has 7 nitrogen and oxygen atoms in total. The fraction of sp³-hybridized carbons (Fsp3) is 0.364. The lowest BCUT2D eigenvalue weighted by Crippen LogP contribution is -2.52. The van der Waals surface area contributed by atoms with Crippen molar-refractivity contribution in [2.75, 3.05) is 17.1 Å². The minimum atomic E-state index is -3.92. The number of nitrogens with zero attached hydrogens (tertiary/aromatic N) is 2. The van der Waals surface area contributed by atoms with Gasteiger partial charge in [-0.1, -0.05) is 18.2 Å². The number of amides is 2. The Bertz CT molecular complexity index is 1060. The van der Waals surface area contributed by atoms with Crippen molar-refractivity contribution in [2.45, 2.75) is 39.4 Å². The minimum absolute atomic E-state index is 0.0902. The van der Waals surface area contributed by atoms with E-state index in [0.29, 0.717) is 0 Å². The number of sulfonamides is 1. The molecule has 0 bridgehead atoms. The number of rotatable bonds is 9. The van der Waals surface area contributed by atoms with Gasteiger partial charge in [-0.3, -0.25) is 13.9 Å². The van der Waals surface area contributed by atoms with E-state index in [1.165, 1.54) is 37.3 Å². The summed E-state index contributed by atoms with van der Waals surface area (Å²) in [6.07, 6.45) is 0.916. The topological polar surface area (TPSA) is 86.8 Å². The Labute approximate surface area is 187 Å². The zero-order valence-corrected chi connectivity index (χ0v) is 19.2. The monoisotopic (exact) mass is 467 g/mol. The first-order chi connectivity index (χ1) is 14.9. The Hall–Kier alpha value is -3.01. The quantitative estimate of drug-likeness (QED) is 0.614. The maximum absolute atomic E-state index is 14.3. The fourth-order valence-corrected chi connectivity index (χ4v) is 3.87. The molecule has 1 N–H and O–H groups in total. The van der Waals surface area contributed by atoms with Gasteiger partial charge in [0.15, 0.2) is 0 Å². The van der Waals surface area contributed by atoms with Gasteiger partial charge in [0.2, 0.25) is 21.8 Å². The van der Waals surface area contributed by atoms with Crippen LogP contribution in [0.3, 0.4) is 0 Å². The molecule has 0 fully saturated rings. The van der Waals surface area contributed by atoms with Crippen molar-refractivity contribution in [3.05, 3.63) is 65.7 Å². The van der Waals surface area contributed by atoms with Crippen LogP contribution in [0.4, 0.5) is 14.5 Å². The zero-order valence-electron chi connectivity index (χ0n) is 18.4. The molecule has 0 aliphatic rings. The average Bonchev–Trinajstić information content (AvgIpc) is 2.70. The van der Waals surface area contributed by atoms with Crippen LogP contribution in [-0.2, 0) is 26.2 Å². The number of benzene rings is 2. The van der Waals surface area contributed by atoms with Crippen LogP contribution in [0.15, 0.2) is 48.5 Å². The molecule has 0 saturated carbocycles. The first kappa shape index (κ1) is 25.3. The van der Waals surface area contributed by atoms with Gasteiger partial charge in [-0.15, -0.1) is 0 Å². The molecular weight excluding hydrogens is 440 g/mol. The third-order valence-electron chi connectivity index (χ3n) is 4.69. The number of hydrogen-bond acceptors (Lipinski definition) is 4. The van der Waals surface area contributed by atoms with Gasteiger partial charge >= 0.3 is 0 Å². The molecular formula is C22H27F2N3O4S. The number of carbonyl (C=O) groups excluding carboxylic acids is 2. The molecule has 2 rings (SSSR count). The molecule has 0 aliphatic heterocycles. The molecule has 0 aliphatic carbocycles. The van der Waals surface area contributed by atoms with Crippen LogP contribution >= 0.6 is 0 Å². The van der Waals surface area contributed by atoms with E-state index in [9.17, 15) is 26.8 Å². The summed E-state index contributed by atoms with van der Waals surface area (Å²) in [6, 6.07) is 9.25. The van der Waals surface area contributed by atoms with E-state index in [-0.39, 0.29) is 23.8 Å². The van der Waals surface area contributed by atoms with Gasteiger partial charge in [-0.25, -0.2) is 17.2 Å².